The fraction of sp³-hybridized carbons (Fsp3) is 0.526. The van der Waals surface area contributed by atoms with Crippen LogP contribution in [0.3, 0.4) is 0 Å². The first-order chi connectivity index (χ1) is 14.4. The molecular formula is C19H25N5O4S2. The van der Waals surface area contributed by atoms with Gasteiger partial charge in [0.2, 0.25) is 0 Å². The van der Waals surface area contributed by atoms with Crippen molar-refractivity contribution < 1.29 is 17.9 Å². The molecule has 2 aliphatic rings. The van der Waals surface area contributed by atoms with Crippen LogP contribution in [0.2, 0.25) is 0 Å². The van der Waals surface area contributed by atoms with Gasteiger partial charge in [0, 0.05) is 18.7 Å². The number of imidazole rings is 1. The molecule has 1 aliphatic carbocycles. The maximum absolute atomic E-state index is 12.3. The van der Waals surface area contributed by atoms with E-state index in [2.05, 4.69) is 21.9 Å². The van der Waals surface area contributed by atoms with Crippen LogP contribution in [-0.4, -0.2) is 52.7 Å². The molecule has 0 radical (unpaired) electrons. The molecule has 1 atom stereocenters. The fourth-order valence-electron chi connectivity index (χ4n) is 3.49. The highest BCUT2D eigenvalue weighted by atomic mass is 32.2. The van der Waals surface area contributed by atoms with Crippen molar-refractivity contribution in [2.24, 2.45) is 5.92 Å². The molecule has 0 fully saturated rings. The highest BCUT2D eigenvalue weighted by molar-refractivity contribution is 8.03. The first-order valence-electron chi connectivity index (χ1n) is 9.93. The molecule has 30 heavy (non-hydrogen) atoms. The number of ether oxygens (including phenoxy) is 2. The highest BCUT2D eigenvalue weighted by Crippen LogP contribution is 2.41. The number of aryl methyl sites for hydroxylation is 1. The summed E-state index contributed by atoms with van der Waals surface area (Å²) < 4.78 is 37.9. The van der Waals surface area contributed by atoms with Crippen molar-refractivity contribution in [2.75, 3.05) is 30.5 Å². The van der Waals surface area contributed by atoms with E-state index >= 15 is 0 Å². The Hall–Kier alpha value is -2.27. The highest BCUT2D eigenvalue weighted by Gasteiger charge is 2.27. The summed E-state index contributed by atoms with van der Waals surface area (Å²) in [7, 11) is -3.15. The number of hydrogen-bond acceptors (Lipinski definition) is 9. The lowest BCUT2D eigenvalue weighted by molar-refractivity contribution is 0.0597. The maximum atomic E-state index is 12.3. The van der Waals surface area contributed by atoms with Crippen LogP contribution in [0.5, 0.6) is 0 Å². The van der Waals surface area contributed by atoms with Gasteiger partial charge in [-0.25, -0.2) is 23.4 Å². The van der Waals surface area contributed by atoms with Gasteiger partial charge in [-0.15, -0.1) is 0 Å². The molecular weight excluding hydrogens is 426 g/mol. The molecule has 1 unspecified atom stereocenters. The van der Waals surface area contributed by atoms with Crippen molar-refractivity contribution in [3.63, 3.8) is 0 Å². The van der Waals surface area contributed by atoms with Gasteiger partial charge in [0.1, 0.15) is 25.3 Å². The van der Waals surface area contributed by atoms with Crippen LogP contribution in [0, 0.1) is 5.92 Å². The molecule has 1 aliphatic heterocycles. The van der Waals surface area contributed by atoms with E-state index in [4.69, 9.17) is 15.2 Å². The third-order valence-corrected chi connectivity index (χ3v) is 8.10. The lowest BCUT2D eigenvalue weighted by Crippen LogP contribution is -2.19. The summed E-state index contributed by atoms with van der Waals surface area (Å²) in [6, 6.07) is 0. The molecule has 2 aromatic rings. The van der Waals surface area contributed by atoms with Gasteiger partial charge in [0.15, 0.2) is 37.7 Å². The molecule has 0 saturated heterocycles. The molecule has 4 rings (SSSR count). The van der Waals surface area contributed by atoms with E-state index in [-0.39, 0.29) is 29.8 Å². The van der Waals surface area contributed by atoms with Gasteiger partial charge in [-0.2, -0.15) is 0 Å². The van der Waals surface area contributed by atoms with Crippen LogP contribution in [0.15, 0.2) is 34.0 Å². The van der Waals surface area contributed by atoms with Crippen molar-refractivity contribution in [3.05, 3.63) is 28.8 Å². The molecule has 0 saturated carbocycles. The molecule has 162 valence electrons. The van der Waals surface area contributed by atoms with Crippen LogP contribution >= 0.6 is 11.8 Å². The number of thioether (sulfide) groups is 1. The fourth-order valence-corrected chi connectivity index (χ4v) is 5.87. The molecule has 0 bridgehead atoms. The van der Waals surface area contributed by atoms with E-state index in [0.29, 0.717) is 36.0 Å². The number of rotatable bonds is 7. The second-order valence-corrected chi connectivity index (χ2v) is 10.7. The van der Waals surface area contributed by atoms with Crippen LogP contribution < -0.4 is 5.73 Å². The molecule has 0 spiro atoms. The average Bonchev–Trinajstić information content (AvgIpc) is 3.05. The molecule has 9 nitrogen and oxygen atoms in total. The number of nitrogen functional groups attached to an aromatic ring is 1. The van der Waals surface area contributed by atoms with E-state index in [1.165, 1.54) is 18.1 Å². The maximum Gasteiger partial charge on any atom is 0.175 e. The molecule has 11 heteroatoms. The number of nitrogens with two attached hydrogens (primary N) is 1. The Balaban J connectivity index is 1.69. The number of hydrogen-bond donors (Lipinski definition) is 1. The number of allylic oxidation sites excluding steroid dienone is 3. The number of sulfone groups is 1. The van der Waals surface area contributed by atoms with E-state index in [1.807, 2.05) is 17.6 Å². The summed E-state index contributed by atoms with van der Waals surface area (Å²) in [6.45, 7) is 5.33. The topological polar surface area (TPSA) is 122 Å². The van der Waals surface area contributed by atoms with Gasteiger partial charge in [-0.3, -0.25) is 0 Å². The number of aromatic nitrogens is 4. The third kappa shape index (κ3) is 4.27. The van der Waals surface area contributed by atoms with Crippen LogP contribution in [0.1, 0.15) is 26.7 Å². The minimum atomic E-state index is -3.15. The predicted octanol–water partition coefficient (Wildman–Crippen LogP) is 2.51. The predicted molar refractivity (Wildman–Crippen MR) is 115 cm³/mol. The number of nitrogens with zero attached hydrogens (tertiary/aromatic N) is 4. The Morgan fingerprint density at radius 2 is 2.07 bits per heavy atom. The second-order valence-electron chi connectivity index (χ2n) is 7.37. The van der Waals surface area contributed by atoms with Crippen molar-refractivity contribution in [1.29, 1.82) is 0 Å². The van der Waals surface area contributed by atoms with Gasteiger partial charge in [-0.05, 0) is 23.3 Å². The lowest BCUT2D eigenvalue weighted by Gasteiger charge is -2.28. The van der Waals surface area contributed by atoms with E-state index in [1.54, 1.807) is 0 Å². The molecule has 2 aromatic heterocycles. The first-order valence-corrected chi connectivity index (χ1v) is 12.6. The summed E-state index contributed by atoms with van der Waals surface area (Å²) in [4.78, 5) is 14.0. The molecule has 3 heterocycles. The summed E-state index contributed by atoms with van der Waals surface area (Å²) in [5, 5.41) is 0.641. The number of anilines is 1. The third-order valence-electron chi connectivity index (χ3n) is 5.02. The van der Waals surface area contributed by atoms with Crippen molar-refractivity contribution in [1.82, 2.24) is 19.5 Å². The summed E-state index contributed by atoms with van der Waals surface area (Å²) >= 11 is 1.48. The summed E-state index contributed by atoms with van der Waals surface area (Å²) in [6.07, 6.45) is 4.70. The van der Waals surface area contributed by atoms with Gasteiger partial charge < -0.3 is 19.8 Å². The second kappa shape index (κ2) is 8.46. The number of fused-ring (bicyclic) bond motifs is 1. The van der Waals surface area contributed by atoms with Gasteiger partial charge in [0.25, 0.3) is 0 Å². The molecule has 0 amide bonds. The van der Waals surface area contributed by atoms with Gasteiger partial charge >= 0.3 is 0 Å². The Morgan fingerprint density at radius 1 is 1.27 bits per heavy atom. The summed E-state index contributed by atoms with van der Waals surface area (Å²) in [5.74, 6) is 2.31. The average molecular weight is 452 g/mol. The Bertz CT molecular complexity index is 1120. The monoisotopic (exact) mass is 451 g/mol. The van der Waals surface area contributed by atoms with E-state index in [9.17, 15) is 8.42 Å². The first kappa shape index (κ1) is 21.0. The quantitative estimate of drug-likeness (QED) is 0.676. The smallest absolute Gasteiger partial charge is 0.175 e. The van der Waals surface area contributed by atoms with Crippen molar-refractivity contribution in [3.8, 4) is 0 Å². The normalized spacial score (nSPS) is 19.3. The summed E-state index contributed by atoms with van der Waals surface area (Å²) in [5.41, 5.74) is 7.02. The van der Waals surface area contributed by atoms with E-state index < -0.39 is 9.84 Å². The molecule has 0 aromatic carbocycles. The minimum absolute atomic E-state index is 0.0185. The largest absolute Gasteiger partial charge is 0.490 e. The zero-order valence-electron chi connectivity index (χ0n) is 17.0. The van der Waals surface area contributed by atoms with E-state index in [0.717, 1.165) is 22.8 Å². The minimum Gasteiger partial charge on any atom is -0.490 e. The van der Waals surface area contributed by atoms with Crippen LogP contribution in [0.4, 0.5) is 5.82 Å². The Kier molecular flexibility index (Phi) is 5.92. The van der Waals surface area contributed by atoms with Crippen molar-refractivity contribution >= 4 is 38.6 Å². The van der Waals surface area contributed by atoms with Gasteiger partial charge in [-0.1, -0.05) is 25.6 Å². The van der Waals surface area contributed by atoms with Crippen LogP contribution in [0.25, 0.3) is 11.2 Å². The Labute approximate surface area is 179 Å². The lowest BCUT2D eigenvalue weighted by atomic mass is 10.00. The zero-order valence-corrected chi connectivity index (χ0v) is 18.6. The molecule has 2 N–H and O–H groups in total. The Morgan fingerprint density at radius 3 is 2.87 bits per heavy atom. The van der Waals surface area contributed by atoms with Gasteiger partial charge in [0.05, 0.1) is 5.75 Å². The SMILES string of the molecule is CCCS(=O)(=O)CCn1c(SC2=CC3=C(CC2C)OCCO3)nc2c(N)ncnc21. The standard InChI is InChI=1S/C19H25N5O4S2/c1-3-7-30(25,26)8-4-24-18-16(17(20)21-11-22-18)23-19(24)29-15-10-14-13(9-12(15)2)27-5-6-28-14/h10-12H,3-9H2,1-2H3,(H2,20,21,22). The zero-order chi connectivity index (χ0) is 21.3. The van der Waals surface area contributed by atoms with Crippen LogP contribution in [-0.2, 0) is 25.9 Å². The van der Waals surface area contributed by atoms with Crippen molar-refractivity contribution in [2.45, 2.75) is 38.4 Å².